The zero-order chi connectivity index (χ0) is 18.0. The fourth-order valence-electron chi connectivity index (χ4n) is 5.81. The Morgan fingerprint density at radius 2 is 1.76 bits per heavy atom. The van der Waals surface area contributed by atoms with E-state index in [2.05, 4.69) is 10.4 Å². The van der Waals surface area contributed by atoms with E-state index >= 15 is 0 Å². The van der Waals surface area contributed by atoms with Gasteiger partial charge in [0, 0.05) is 13.6 Å². The molecule has 4 saturated carbocycles. The van der Waals surface area contributed by atoms with Gasteiger partial charge in [0.1, 0.15) is 5.02 Å². The highest BCUT2D eigenvalue weighted by Crippen LogP contribution is 2.59. The van der Waals surface area contributed by atoms with Gasteiger partial charge in [-0.15, -0.1) is 0 Å². The third kappa shape index (κ3) is 2.94. The average molecular weight is 376 g/mol. The molecule has 25 heavy (non-hydrogen) atoms. The average Bonchev–Trinajstić information content (AvgIpc) is 2.78. The summed E-state index contributed by atoms with van der Waals surface area (Å²) in [6.45, 7) is 0.504. The van der Waals surface area contributed by atoms with Gasteiger partial charge in [-0.3, -0.25) is 9.48 Å². The first-order chi connectivity index (χ1) is 11.7. The molecule has 1 N–H and O–H groups in total. The molecule has 0 spiro atoms. The molecule has 138 valence electrons. The molecule has 4 nitrogen and oxygen atoms in total. The molecule has 1 amide bonds. The topological polar surface area (TPSA) is 46.9 Å². The number of hydrogen-bond acceptors (Lipinski definition) is 2. The predicted molar refractivity (Wildman–Crippen MR) is 86.2 cm³/mol. The van der Waals surface area contributed by atoms with Gasteiger partial charge in [0.15, 0.2) is 11.4 Å². The summed E-state index contributed by atoms with van der Waals surface area (Å²) in [5.41, 5.74) is -1.33. The summed E-state index contributed by atoms with van der Waals surface area (Å²) in [5, 5.41) is 5.89. The number of amides is 1. The Bertz CT molecular complexity index is 677. The van der Waals surface area contributed by atoms with Crippen molar-refractivity contribution in [3.8, 4) is 0 Å². The lowest BCUT2D eigenvalue weighted by Gasteiger charge is -2.56. The van der Waals surface area contributed by atoms with E-state index in [0.29, 0.717) is 11.2 Å². The number of carbonyl (C=O) groups is 1. The number of halogens is 4. The fourth-order valence-corrected chi connectivity index (χ4v) is 6.16. The third-order valence-corrected chi connectivity index (χ3v) is 6.62. The van der Waals surface area contributed by atoms with Crippen LogP contribution >= 0.6 is 11.6 Å². The minimum absolute atomic E-state index is 0.110. The standard InChI is InChI=1S/C17H21ClF3N3O/c1-24-14(17(19,20)21)12(18)13(23-24)15(25)22-8-16-5-9-2-10(6-16)4-11(3-9)7-16/h9-11H,2-8H2,1H3,(H,22,25). The van der Waals surface area contributed by atoms with Crippen LogP contribution in [0.25, 0.3) is 0 Å². The van der Waals surface area contributed by atoms with E-state index in [1.165, 1.54) is 19.3 Å². The highest BCUT2D eigenvalue weighted by molar-refractivity contribution is 6.34. The van der Waals surface area contributed by atoms with Crippen molar-refractivity contribution in [2.45, 2.75) is 44.7 Å². The Hall–Kier alpha value is -1.24. The smallest absolute Gasteiger partial charge is 0.350 e. The van der Waals surface area contributed by atoms with Crippen LogP contribution in [0.2, 0.25) is 5.02 Å². The zero-order valence-electron chi connectivity index (χ0n) is 14.0. The van der Waals surface area contributed by atoms with Crippen molar-refractivity contribution in [1.82, 2.24) is 15.1 Å². The van der Waals surface area contributed by atoms with Gasteiger partial charge in [0.05, 0.1) is 0 Å². The fraction of sp³-hybridized carbons (Fsp3) is 0.765. The Balaban J connectivity index is 1.48. The Morgan fingerprint density at radius 3 is 2.20 bits per heavy atom. The molecule has 1 aromatic heterocycles. The van der Waals surface area contributed by atoms with Crippen molar-refractivity contribution >= 4 is 17.5 Å². The number of aromatic nitrogens is 2. The lowest BCUT2D eigenvalue weighted by molar-refractivity contribution is -0.143. The molecule has 4 aliphatic rings. The van der Waals surface area contributed by atoms with Crippen molar-refractivity contribution in [2.24, 2.45) is 30.2 Å². The zero-order valence-corrected chi connectivity index (χ0v) is 14.8. The molecule has 4 aliphatic carbocycles. The van der Waals surface area contributed by atoms with Crippen LogP contribution in [-0.4, -0.2) is 22.2 Å². The predicted octanol–water partition coefficient (Wildman–Crippen LogP) is 4.04. The van der Waals surface area contributed by atoms with Gasteiger partial charge >= 0.3 is 6.18 Å². The first-order valence-electron chi connectivity index (χ1n) is 8.75. The maximum atomic E-state index is 13.0. The lowest BCUT2D eigenvalue weighted by Crippen LogP contribution is -2.51. The molecule has 0 radical (unpaired) electrons. The summed E-state index contributed by atoms with van der Waals surface area (Å²) in [4.78, 5) is 12.4. The van der Waals surface area contributed by atoms with Gasteiger partial charge < -0.3 is 5.32 Å². The Morgan fingerprint density at radius 1 is 1.24 bits per heavy atom. The monoisotopic (exact) mass is 375 g/mol. The third-order valence-electron chi connectivity index (χ3n) is 6.26. The highest BCUT2D eigenvalue weighted by Gasteiger charge is 2.51. The molecule has 4 bridgehead atoms. The molecule has 0 aromatic carbocycles. The summed E-state index contributed by atoms with van der Waals surface area (Å²) < 4.78 is 39.6. The Labute approximate surface area is 149 Å². The van der Waals surface area contributed by atoms with Gasteiger partial charge in [-0.05, 0) is 61.7 Å². The molecular weight excluding hydrogens is 355 g/mol. The summed E-state index contributed by atoms with van der Waals surface area (Å²) in [7, 11) is 1.14. The van der Waals surface area contributed by atoms with Crippen LogP contribution in [0.4, 0.5) is 13.2 Å². The van der Waals surface area contributed by atoms with E-state index in [1.807, 2.05) is 0 Å². The van der Waals surface area contributed by atoms with Crippen LogP contribution in [-0.2, 0) is 13.2 Å². The molecule has 0 unspecified atom stereocenters. The number of hydrogen-bond donors (Lipinski definition) is 1. The maximum Gasteiger partial charge on any atom is 0.434 e. The molecule has 0 atom stereocenters. The highest BCUT2D eigenvalue weighted by atomic mass is 35.5. The first kappa shape index (κ1) is 17.2. The van der Waals surface area contributed by atoms with E-state index in [0.717, 1.165) is 44.1 Å². The van der Waals surface area contributed by atoms with Crippen LogP contribution < -0.4 is 5.32 Å². The van der Waals surface area contributed by atoms with Crippen LogP contribution in [0.1, 0.15) is 54.7 Å². The summed E-state index contributed by atoms with van der Waals surface area (Å²) in [6, 6.07) is 0. The van der Waals surface area contributed by atoms with Gasteiger partial charge in [0.2, 0.25) is 0 Å². The minimum atomic E-state index is -4.64. The summed E-state index contributed by atoms with van der Waals surface area (Å²) in [5.74, 6) is 1.63. The van der Waals surface area contributed by atoms with Crippen LogP contribution in [0, 0.1) is 23.2 Å². The molecule has 1 heterocycles. The normalized spacial score (nSPS) is 33.7. The molecule has 5 rings (SSSR count). The number of nitrogens with one attached hydrogen (secondary N) is 1. The second kappa shape index (κ2) is 5.63. The minimum Gasteiger partial charge on any atom is -0.350 e. The van der Waals surface area contributed by atoms with Gasteiger partial charge in [0.25, 0.3) is 5.91 Å². The van der Waals surface area contributed by atoms with Gasteiger partial charge in [-0.25, -0.2) is 0 Å². The molecule has 0 saturated heterocycles. The van der Waals surface area contributed by atoms with Crippen molar-refractivity contribution in [3.63, 3.8) is 0 Å². The van der Waals surface area contributed by atoms with E-state index in [1.54, 1.807) is 0 Å². The molecular formula is C17H21ClF3N3O. The summed E-state index contributed by atoms with van der Waals surface area (Å²) >= 11 is 5.80. The molecule has 1 aromatic rings. The van der Waals surface area contributed by atoms with E-state index in [9.17, 15) is 18.0 Å². The second-order valence-corrected chi connectivity index (χ2v) is 8.61. The van der Waals surface area contributed by atoms with Gasteiger partial charge in [-0.1, -0.05) is 11.6 Å². The van der Waals surface area contributed by atoms with Crippen LogP contribution in [0.5, 0.6) is 0 Å². The molecule has 4 fully saturated rings. The number of alkyl halides is 3. The number of rotatable bonds is 3. The van der Waals surface area contributed by atoms with E-state index < -0.39 is 22.8 Å². The maximum absolute atomic E-state index is 13.0. The summed E-state index contributed by atoms with van der Waals surface area (Å²) in [6.07, 6.45) is 2.60. The lowest BCUT2D eigenvalue weighted by atomic mass is 9.49. The molecule has 8 heteroatoms. The van der Waals surface area contributed by atoms with Crippen molar-refractivity contribution in [1.29, 1.82) is 0 Å². The van der Waals surface area contributed by atoms with Gasteiger partial charge in [-0.2, -0.15) is 18.3 Å². The largest absolute Gasteiger partial charge is 0.434 e. The van der Waals surface area contributed by atoms with E-state index in [4.69, 9.17) is 11.6 Å². The first-order valence-corrected chi connectivity index (χ1v) is 9.12. The van der Waals surface area contributed by atoms with E-state index in [-0.39, 0.29) is 11.1 Å². The molecule has 0 aliphatic heterocycles. The number of nitrogens with zero attached hydrogens (tertiary/aromatic N) is 2. The SMILES string of the molecule is Cn1nc(C(=O)NCC23CC4CC(CC(C4)C2)C3)c(Cl)c1C(F)(F)F. The van der Waals surface area contributed by atoms with Crippen molar-refractivity contribution < 1.29 is 18.0 Å². The van der Waals surface area contributed by atoms with Crippen LogP contribution in [0.3, 0.4) is 0 Å². The Kier molecular flexibility index (Phi) is 3.87. The second-order valence-electron chi connectivity index (χ2n) is 8.23. The number of aryl methyl sites for hydroxylation is 1. The quantitative estimate of drug-likeness (QED) is 0.866. The number of carbonyl (C=O) groups excluding carboxylic acids is 1. The van der Waals surface area contributed by atoms with Crippen molar-refractivity contribution in [2.75, 3.05) is 6.54 Å². The van der Waals surface area contributed by atoms with Crippen LogP contribution in [0.15, 0.2) is 0 Å². The van der Waals surface area contributed by atoms with Crippen molar-refractivity contribution in [3.05, 3.63) is 16.4 Å².